The maximum atomic E-state index is 9.83. The first-order chi connectivity index (χ1) is 7.47. The van der Waals surface area contributed by atoms with E-state index >= 15 is 0 Å². The second kappa shape index (κ2) is 6.84. The van der Waals surface area contributed by atoms with Crippen LogP contribution in [0.1, 0.15) is 42.5 Å². The molecule has 0 heterocycles. The van der Waals surface area contributed by atoms with Gasteiger partial charge in [-0.1, -0.05) is 25.5 Å². The molecule has 4 N–H and O–H groups in total. The Bertz CT molecular complexity index is 345. The average Bonchev–Trinajstić information content (AvgIpc) is 2.24. The van der Waals surface area contributed by atoms with Crippen LogP contribution in [0.25, 0.3) is 0 Å². The number of aliphatic hydroxyl groups is 1. The number of aryl methyl sites for hydroxylation is 2. The molecule has 0 unspecified atom stereocenters. The van der Waals surface area contributed by atoms with Crippen molar-refractivity contribution >= 4 is 12.4 Å². The SMILES string of the molecule is CCC[C@@H](O)[C@@H](N)c1cc(C)c(O)c(C)c1.Cl. The van der Waals surface area contributed by atoms with Gasteiger partial charge in [0.15, 0.2) is 0 Å². The first kappa shape index (κ1) is 16.2. The molecule has 0 amide bonds. The standard InChI is InChI=1S/C13H21NO2.ClH/c1-4-5-11(15)12(14)10-6-8(2)13(16)9(3)7-10;/h6-7,11-12,15-16H,4-5,14H2,1-3H3;1H/t11-,12+;/m1./s1. The summed E-state index contributed by atoms with van der Waals surface area (Å²) in [6.07, 6.45) is 1.08. The summed E-state index contributed by atoms with van der Waals surface area (Å²) >= 11 is 0. The number of nitrogens with two attached hydrogens (primary N) is 1. The zero-order valence-corrected chi connectivity index (χ0v) is 11.4. The highest BCUT2D eigenvalue weighted by Gasteiger charge is 2.17. The van der Waals surface area contributed by atoms with E-state index in [4.69, 9.17) is 5.73 Å². The van der Waals surface area contributed by atoms with Crippen LogP contribution in [-0.4, -0.2) is 16.3 Å². The summed E-state index contributed by atoms with van der Waals surface area (Å²) in [4.78, 5) is 0. The summed E-state index contributed by atoms with van der Waals surface area (Å²) in [7, 11) is 0. The van der Waals surface area contributed by atoms with Gasteiger partial charge in [0.2, 0.25) is 0 Å². The van der Waals surface area contributed by atoms with E-state index in [9.17, 15) is 10.2 Å². The second-order valence-corrected chi connectivity index (χ2v) is 4.39. The predicted octanol–water partition coefficient (Wildman–Crippen LogP) is 2.59. The molecule has 0 aliphatic carbocycles. The molecule has 0 aromatic heterocycles. The van der Waals surface area contributed by atoms with Crippen LogP contribution in [0, 0.1) is 13.8 Å². The number of phenols is 1. The molecule has 0 saturated heterocycles. The number of hydrogen-bond acceptors (Lipinski definition) is 3. The number of phenolic OH excluding ortho intramolecular Hbond substituents is 1. The molecule has 17 heavy (non-hydrogen) atoms. The van der Waals surface area contributed by atoms with Crippen LogP contribution in [0.5, 0.6) is 5.75 Å². The maximum absolute atomic E-state index is 9.83. The number of halogens is 1. The molecule has 0 saturated carbocycles. The van der Waals surface area contributed by atoms with Gasteiger partial charge in [-0.05, 0) is 37.0 Å². The summed E-state index contributed by atoms with van der Waals surface area (Å²) in [5.74, 6) is 0.306. The summed E-state index contributed by atoms with van der Waals surface area (Å²) in [5.41, 5.74) is 8.46. The van der Waals surface area contributed by atoms with Gasteiger partial charge in [0.05, 0.1) is 12.1 Å². The fourth-order valence-corrected chi connectivity index (χ4v) is 1.88. The molecule has 0 spiro atoms. The third kappa shape index (κ3) is 3.87. The van der Waals surface area contributed by atoms with Crippen LogP contribution in [-0.2, 0) is 0 Å². The number of aromatic hydroxyl groups is 1. The first-order valence-corrected chi connectivity index (χ1v) is 5.71. The minimum Gasteiger partial charge on any atom is -0.507 e. The molecule has 0 fully saturated rings. The van der Waals surface area contributed by atoms with Gasteiger partial charge in [0.25, 0.3) is 0 Å². The number of aliphatic hydroxyl groups excluding tert-OH is 1. The minimum atomic E-state index is -0.520. The van der Waals surface area contributed by atoms with Crippen molar-refractivity contribution in [1.29, 1.82) is 0 Å². The Morgan fingerprint density at radius 3 is 2.12 bits per heavy atom. The Morgan fingerprint density at radius 2 is 1.71 bits per heavy atom. The lowest BCUT2D eigenvalue weighted by atomic mass is 9.95. The molecule has 3 nitrogen and oxygen atoms in total. The first-order valence-electron chi connectivity index (χ1n) is 5.71. The van der Waals surface area contributed by atoms with Gasteiger partial charge in [-0.2, -0.15) is 0 Å². The minimum absolute atomic E-state index is 0. The van der Waals surface area contributed by atoms with Crippen LogP contribution < -0.4 is 5.73 Å². The highest BCUT2D eigenvalue weighted by atomic mass is 35.5. The third-order valence-electron chi connectivity index (χ3n) is 2.90. The fraction of sp³-hybridized carbons (Fsp3) is 0.538. The van der Waals surface area contributed by atoms with Crippen molar-refractivity contribution in [2.75, 3.05) is 0 Å². The van der Waals surface area contributed by atoms with Gasteiger partial charge in [-0.25, -0.2) is 0 Å². The van der Waals surface area contributed by atoms with Crippen LogP contribution in [0.4, 0.5) is 0 Å². The summed E-state index contributed by atoms with van der Waals surface area (Å²) in [6.45, 7) is 5.69. The van der Waals surface area contributed by atoms with Crippen LogP contribution in [0.15, 0.2) is 12.1 Å². The van der Waals surface area contributed by atoms with Crippen molar-refractivity contribution in [3.05, 3.63) is 28.8 Å². The molecule has 0 radical (unpaired) electrons. The zero-order valence-electron chi connectivity index (χ0n) is 10.6. The Labute approximate surface area is 109 Å². The highest BCUT2D eigenvalue weighted by Crippen LogP contribution is 2.27. The molecule has 2 atom stereocenters. The number of rotatable bonds is 4. The van der Waals surface area contributed by atoms with Gasteiger partial charge in [0, 0.05) is 0 Å². The van der Waals surface area contributed by atoms with Gasteiger partial charge in [-0.15, -0.1) is 12.4 Å². The lowest BCUT2D eigenvalue weighted by Crippen LogP contribution is -2.26. The van der Waals surface area contributed by atoms with Crippen molar-refractivity contribution in [1.82, 2.24) is 0 Å². The monoisotopic (exact) mass is 259 g/mol. The average molecular weight is 260 g/mol. The van der Waals surface area contributed by atoms with Gasteiger partial charge in [-0.3, -0.25) is 0 Å². The molecule has 1 aromatic carbocycles. The van der Waals surface area contributed by atoms with E-state index in [0.29, 0.717) is 12.2 Å². The van der Waals surface area contributed by atoms with E-state index in [1.807, 2.05) is 32.9 Å². The summed E-state index contributed by atoms with van der Waals surface area (Å²) < 4.78 is 0. The van der Waals surface area contributed by atoms with Crippen molar-refractivity contribution in [3.8, 4) is 5.75 Å². The van der Waals surface area contributed by atoms with E-state index in [1.165, 1.54) is 0 Å². The maximum Gasteiger partial charge on any atom is 0.121 e. The molecule has 1 aromatic rings. The van der Waals surface area contributed by atoms with Crippen molar-refractivity contribution in [2.45, 2.75) is 45.8 Å². The highest BCUT2D eigenvalue weighted by molar-refractivity contribution is 5.85. The van der Waals surface area contributed by atoms with Crippen LogP contribution in [0.3, 0.4) is 0 Å². The van der Waals surface area contributed by atoms with E-state index in [0.717, 1.165) is 23.1 Å². The topological polar surface area (TPSA) is 66.5 Å². The van der Waals surface area contributed by atoms with E-state index in [1.54, 1.807) is 0 Å². The van der Waals surface area contributed by atoms with E-state index < -0.39 is 6.10 Å². The largest absolute Gasteiger partial charge is 0.507 e. The van der Waals surface area contributed by atoms with Gasteiger partial charge < -0.3 is 15.9 Å². The Balaban J connectivity index is 0.00000256. The predicted molar refractivity (Wildman–Crippen MR) is 72.7 cm³/mol. The van der Waals surface area contributed by atoms with Gasteiger partial charge in [0.1, 0.15) is 5.75 Å². The van der Waals surface area contributed by atoms with Crippen molar-refractivity contribution in [2.24, 2.45) is 5.73 Å². The molecule has 0 bridgehead atoms. The van der Waals surface area contributed by atoms with Gasteiger partial charge >= 0.3 is 0 Å². The van der Waals surface area contributed by atoms with E-state index in [-0.39, 0.29) is 18.4 Å². The quantitative estimate of drug-likeness (QED) is 0.779. The number of hydrogen-bond donors (Lipinski definition) is 3. The Morgan fingerprint density at radius 1 is 1.24 bits per heavy atom. The Kier molecular flexibility index (Phi) is 6.53. The van der Waals surface area contributed by atoms with Crippen molar-refractivity contribution < 1.29 is 10.2 Å². The smallest absolute Gasteiger partial charge is 0.121 e. The molecule has 1 rings (SSSR count). The normalized spacial score (nSPS) is 13.9. The van der Waals surface area contributed by atoms with E-state index in [2.05, 4.69) is 0 Å². The fourth-order valence-electron chi connectivity index (χ4n) is 1.88. The molecule has 0 aliphatic rings. The lowest BCUT2D eigenvalue weighted by Gasteiger charge is -2.20. The second-order valence-electron chi connectivity index (χ2n) is 4.39. The lowest BCUT2D eigenvalue weighted by molar-refractivity contribution is 0.134. The third-order valence-corrected chi connectivity index (χ3v) is 2.90. The number of benzene rings is 1. The molecule has 0 aliphatic heterocycles. The summed E-state index contributed by atoms with van der Waals surface area (Å²) in [5, 5.41) is 19.5. The Hall–Kier alpha value is -0.770. The molecular weight excluding hydrogens is 238 g/mol. The van der Waals surface area contributed by atoms with Crippen LogP contribution >= 0.6 is 12.4 Å². The van der Waals surface area contributed by atoms with Crippen LogP contribution in [0.2, 0.25) is 0 Å². The molecular formula is C13H22ClNO2. The summed E-state index contributed by atoms with van der Waals surface area (Å²) in [6, 6.07) is 3.30. The molecule has 4 heteroatoms. The molecule has 98 valence electrons. The van der Waals surface area contributed by atoms with Crippen molar-refractivity contribution in [3.63, 3.8) is 0 Å². The zero-order chi connectivity index (χ0) is 12.3.